The zero-order chi connectivity index (χ0) is 21.7. The van der Waals surface area contributed by atoms with Crippen molar-refractivity contribution in [1.82, 2.24) is 0 Å². The molecular weight excluding hydrogens is 379 g/mol. The maximum absolute atomic E-state index is 12.9. The summed E-state index contributed by atoms with van der Waals surface area (Å²) in [4.78, 5) is 0. The van der Waals surface area contributed by atoms with E-state index < -0.39 is 7.60 Å². The molecule has 1 aromatic carbocycles. The van der Waals surface area contributed by atoms with E-state index in [4.69, 9.17) is 9.05 Å². The summed E-state index contributed by atoms with van der Waals surface area (Å²) in [5.41, 5.74) is 6.24. The summed E-state index contributed by atoms with van der Waals surface area (Å²) in [7, 11) is -3.11. The van der Waals surface area contributed by atoms with Crippen molar-refractivity contribution in [3.8, 4) is 0 Å². The Morgan fingerprint density at radius 3 is 2.10 bits per heavy atom. The molecule has 0 aliphatic rings. The maximum Gasteiger partial charge on any atom is 0.335 e. The first-order valence-corrected chi connectivity index (χ1v) is 12.4. The van der Waals surface area contributed by atoms with Gasteiger partial charge in [0.15, 0.2) is 0 Å². The molecule has 0 N–H and O–H groups in total. The molecule has 29 heavy (non-hydrogen) atoms. The minimum absolute atomic E-state index is 0.304. The molecule has 0 fully saturated rings. The van der Waals surface area contributed by atoms with Crippen LogP contribution in [0.25, 0.3) is 6.08 Å². The lowest BCUT2D eigenvalue weighted by Gasteiger charge is -2.18. The Bertz CT molecular complexity index is 745. The molecule has 1 aromatic rings. The lowest BCUT2D eigenvalue weighted by molar-refractivity contribution is 0.219. The molecule has 0 aromatic heterocycles. The van der Waals surface area contributed by atoms with E-state index in [-0.39, 0.29) is 0 Å². The molecule has 0 saturated carbocycles. The molecule has 0 atom stereocenters. The normalized spacial score (nSPS) is 12.9. The fraction of sp³-hybridized carbons (Fsp3) is 0.520. The first-order chi connectivity index (χ1) is 13.8. The first kappa shape index (κ1) is 25.6. The Balaban J connectivity index is 2.78. The summed E-state index contributed by atoms with van der Waals surface area (Å²) in [5.74, 6) is 0. The predicted molar refractivity (Wildman–Crippen MR) is 126 cm³/mol. The van der Waals surface area contributed by atoms with Gasteiger partial charge >= 0.3 is 7.60 Å². The summed E-state index contributed by atoms with van der Waals surface area (Å²) < 4.78 is 23.9. The van der Waals surface area contributed by atoms with Crippen molar-refractivity contribution in [3.63, 3.8) is 0 Å². The second kappa shape index (κ2) is 13.7. The maximum atomic E-state index is 12.9. The second-order valence-corrected chi connectivity index (χ2v) is 9.76. The molecule has 0 aliphatic carbocycles. The zero-order valence-electron chi connectivity index (χ0n) is 19.2. The largest absolute Gasteiger partial charge is 0.335 e. The zero-order valence-corrected chi connectivity index (χ0v) is 20.1. The average molecular weight is 419 g/mol. The van der Waals surface area contributed by atoms with Crippen molar-refractivity contribution in [2.45, 2.75) is 73.4 Å². The Hall–Kier alpha value is -1.41. The number of rotatable bonds is 13. The fourth-order valence-electron chi connectivity index (χ4n) is 3.12. The van der Waals surface area contributed by atoms with Gasteiger partial charge in [-0.1, -0.05) is 59.2 Å². The van der Waals surface area contributed by atoms with Crippen LogP contribution in [0.3, 0.4) is 0 Å². The fourth-order valence-corrected chi connectivity index (χ4v) is 4.87. The van der Waals surface area contributed by atoms with Crippen LogP contribution in [-0.4, -0.2) is 13.2 Å². The van der Waals surface area contributed by atoms with Crippen LogP contribution in [0, 0.1) is 0 Å². The molecule has 0 spiro atoms. The van der Waals surface area contributed by atoms with E-state index in [1.54, 1.807) is 0 Å². The van der Waals surface area contributed by atoms with Crippen molar-refractivity contribution >= 4 is 13.7 Å². The van der Waals surface area contributed by atoms with Gasteiger partial charge in [-0.15, -0.1) is 0 Å². The van der Waals surface area contributed by atoms with Gasteiger partial charge in [-0.3, -0.25) is 4.57 Å². The molecule has 1 rings (SSSR count). The number of hydrogen-bond acceptors (Lipinski definition) is 3. The summed E-state index contributed by atoms with van der Waals surface area (Å²) in [6.45, 7) is 13.1. The molecular formula is C25H39O3P. The van der Waals surface area contributed by atoms with Gasteiger partial charge in [0.05, 0.1) is 19.4 Å². The molecule has 0 amide bonds. The van der Waals surface area contributed by atoms with E-state index in [9.17, 15) is 4.57 Å². The molecule has 4 heteroatoms. The highest BCUT2D eigenvalue weighted by Crippen LogP contribution is 2.51. The molecule has 3 nitrogen and oxygen atoms in total. The predicted octanol–water partition coefficient (Wildman–Crippen LogP) is 8.33. The highest BCUT2D eigenvalue weighted by Gasteiger charge is 2.24. The Labute approximate surface area is 178 Å². The van der Waals surface area contributed by atoms with Crippen LogP contribution in [0.2, 0.25) is 0 Å². The van der Waals surface area contributed by atoms with Crippen LogP contribution in [-0.2, 0) is 19.8 Å². The monoisotopic (exact) mass is 418 g/mol. The van der Waals surface area contributed by atoms with E-state index >= 15 is 0 Å². The second-order valence-electron chi connectivity index (χ2n) is 7.70. The minimum Gasteiger partial charge on any atom is -0.309 e. The van der Waals surface area contributed by atoms with Gasteiger partial charge in [0.1, 0.15) is 0 Å². The third kappa shape index (κ3) is 10.8. The number of hydrogen-bond donors (Lipinski definition) is 0. The molecule has 0 radical (unpaired) electrons. The summed E-state index contributed by atoms with van der Waals surface area (Å²) in [5, 5.41) is 0. The standard InChI is InChI=1S/C25H39O3P/c1-7-27-29(26,28-8-2)20-25-18-10-9-17-24(25)19-23(6)16-12-15-22(5)14-11-13-21(3)4/h9-10,13,15,17-19H,7-8,11-12,14,16,20H2,1-6H3. The lowest BCUT2D eigenvalue weighted by atomic mass is 10.0. The Kier molecular flexibility index (Phi) is 12.1. The van der Waals surface area contributed by atoms with Gasteiger partial charge in [-0.05, 0) is 78.4 Å². The molecule has 0 saturated heterocycles. The highest BCUT2D eigenvalue weighted by atomic mass is 31.2. The van der Waals surface area contributed by atoms with Gasteiger partial charge in [-0.2, -0.15) is 0 Å². The third-order valence-corrected chi connectivity index (χ3v) is 6.63. The van der Waals surface area contributed by atoms with Crippen LogP contribution in [0.4, 0.5) is 0 Å². The van der Waals surface area contributed by atoms with Gasteiger partial charge in [0.2, 0.25) is 0 Å². The molecule has 0 heterocycles. The summed E-state index contributed by atoms with van der Waals surface area (Å²) in [6, 6.07) is 8.07. The van der Waals surface area contributed by atoms with Crippen molar-refractivity contribution in [2.75, 3.05) is 13.2 Å². The molecule has 0 aliphatic heterocycles. The Morgan fingerprint density at radius 2 is 1.48 bits per heavy atom. The van der Waals surface area contributed by atoms with Crippen molar-refractivity contribution in [1.29, 1.82) is 0 Å². The average Bonchev–Trinajstić information content (AvgIpc) is 2.63. The number of allylic oxidation sites excluding steroid dienone is 5. The van der Waals surface area contributed by atoms with E-state index in [1.165, 1.54) is 16.7 Å². The van der Waals surface area contributed by atoms with Crippen LogP contribution in [0.5, 0.6) is 0 Å². The van der Waals surface area contributed by atoms with Crippen LogP contribution >= 0.6 is 7.60 Å². The van der Waals surface area contributed by atoms with Crippen LogP contribution in [0.1, 0.15) is 78.4 Å². The first-order valence-electron chi connectivity index (χ1n) is 10.7. The van der Waals surface area contributed by atoms with Crippen molar-refractivity contribution in [3.05, 3.63) is 64.3 Å². The summed E-state index contributed by atoms with van der Waals surface area (Å²) >= 11 is 0. The quantitative estimate of drug-likeness (QED) is 0.238. The topological polar surface area (TPSA) is 35.5 Å². The SMILES string of the molecule is CCOP(=O)(Cc1ccccc1C=C(C)CCC=C(C)CCC=C(C)C)OCC. The van der Waals surface area contributed by atoms with E-state index in [2.05, 4.69) is 52.0 Å². The van der Waals surface area contributed by atoms with E-state index in [0.717, 1.165) is 36.8 Å². The van der Waals surface area contributed by atoms with Crippen LogP contribution < -0.4 is 0 Å². The van der Waals surface area contributed by atoms with E-state index in [0.29, 0.717) is 19.4 Å². The van der Waals surface area contributed by atoms with Crippen molar-refractivity contribution in [2.24, 2.45) is 0 Å². The molecule has 162 valence electrons. The van der Waals surface area contributed by atoms with Gasteiger partial charge in [0.25, 0.3) is 0 Å². The number of benzene rings is 1. The van der Waals surface area contributed by atoms with Crippen molar-refractivity contribution < 1.29 is 13.6 Å². The molecule has 0 bridgehead atoms. The van der Waals surface area contributed by atoms with E-state index in [1.807, 2.05) is 32.0 Å². The minimum atomic E-state index is -3.11. The highest BCUT2D eigenvalue weighted by molar-refractivity contribution is 7.53. The lowest BCUT2D eigenvalue weighted by Crippen LogP contribution is -2.00. The molecule has 0 unspecified atom stereocenters. The van der Waals surface area contributed by atoms with Crippen LogP contribution in [0.15, 0.2) is 53.1 Å². The van der Waals surface area contributed by atoms with Gasteiger partial charge < -0.3 is 9.05 Å². The summed E-state index contributed by atoms with van der Waals surface area (Å²) in [6.07, 6.45) is 11.4. The smallest absolute Gasteiger partial charge is 0.309 e. The third-order valence-electron chi connectivity index (χ3n) is 4.60. The van der Waals surface area contributed by atoms with Gasteiger partial charge in [0, 0.05) is 0 Å². The Morgan fingerprint density at radius 1 is 0.897 bits per heavy atom. The van der Waals surface area contributed by atoms with Gasteiger partial charge in [-0.25, -0.2) is 0 Å².